The Kier molecular flexibility index (Phi) is 7.36. The Balaban J connectivity index is 1.71. The van der Waals surface area contributed by atoms with Crippen LogP contribution in [0.2, 0.25) is 0 Å². The molecule has 0 unspecified atom stereocenters. The van der Waals surface area contributed by atoms with Gasteiger partial charge in [-0.05, 0) is 32.4 Å². The van der Waals surface area contributed by atoms with Crippen LogP contribution in [0.25, 0.3) is 16.5 Å². The number of rotatable bonds is 9. The van der Waals surface area contributed by atoms with E-state index in [-0.39, 0.29) is 30.3 Å². The summed E-state index contributed by atoms with van der Waals surface area (Å²) >= 11 is 1.36. The van der Waals surface area contributed by atoms with Crippen LogP contribution in [0.15, 0.2) is 23.6 Å². The Morgan fingerprint density at radius 3 is 2.50 bits per heavy atom. The number of aryl methyl sites for hydroxylation is 1. The molecule has 1 fully saturated rings. The maximum absolute atomic E-state index is 13.2. The first-order chi connectivity index (χ1) is 17.1. The number of hydrogen-bond donors (Lipinski definition) is 1. The highest BCUT2D eigenvalue weighted by Crippen LogP contribution is 2.38. The number of urea groups is 1. The molecule has 1 aliphatic rings. The lowest BCUT2D eigenvalue weighted by Crippen LogP contribution is -2.53. The van der Waals surface area contributed by atoms with E-state index in [4.69, 9.17) is 9.47 Å². The van der Waals surface area contributed by atoms with Crippen molar-refractivity contribution in [2.45, 2.75) is 26.3 Å². The maximum atomic E-state index is 13.2. The third kappa shape index (κ3) is 5.09. The normalized spacial score (nSPS) is 16.4. The number of methoxy groups -OCH3 is 2. The van der Waals surface area contributed by atoms with Crippen LogP contribution in [-0.2, 0) is 10.0 Å². The number of thiazole rings is 1. The lowest BCUT2D eigenvalue weighted by molar-refractivity contribution is 0.118. The summed E-state index contributed by atoms with van der Waals surface area (Å²) in [6.45, 7) is 4.46. The molecule has 0 bridgehead atoms. The fourth-order valence-electron chi connectivity index (χ4n) is 3.97. The molecule has 1 aromatic carbocycles. The van der Waals surface area contributed by atoms with Crippen LogP contribution in [0, 0.1) is 6.92 Å². The van der Waals surface area contributed by atoms with Crippen molar-refractivity contribution in [2.75, 3.05) is 44.8 Å². The molecule has 0 saturated carbocycles. The van der Waals surface area contributed by atoms with Crippen LogP contribution in [0.4, 0.5) is 10.7 Å². The van der Waals surface area contributed by atoms with Crippen molar-refractivity contribution < 1.29 is 22.7 Å². The lowest BCUT2D eigenvalue weighted by atomic mass is 10.1. The molecule has 1 N–H and O–H groups in total. The minimum Gasteiger partial charge on any atom is -0.494 e. The van der Waals surface area contributed by atoms with Crippen molar-refractivity contribution in [1.82, 2.24) is 29.5 Å². The zero-order valence-corrected chi connectivity index (χ0v) is 22.4. The number of nitrogens with zero attached hydrogens (tertiary/aromatic N) is 6. The quantitative estimate of drug-likeness (QED) is 0.442. The van der Waals surface area contributed by atoms with Crippen LogP contribution in [0.1, 0.15) is 19.0 Å². The minimum atomic E-state index is -3.92. The Labute approximate surface area is 213 Å². The standard InChI is InChI=1S/C22H29N7O5S2/c1-14-13-35-20(23-14)19-24-25-21(29(19)18-16(33-4)7-6-8-17(18)34-5)26-36(31,32)12-11-28-15(2)9-10-27(3)22(28)30/h6-8,13,15H,9-12H2,1-5H3,(H,25,26)/t15-/m0/s1. The van der Waals surface area contributed by atoms with Crippen molar-refractivity contribution in [3.05, 3.63) is 29.3 Å². The van der Waals surface area contributed by atoms with E-state index in [0.29, 0.717) is 34.6 Å². The average molecular weight is 536 g/mol. The SMILES string of the molecule is COc1cccc(OC)c1-n1c(NS(=O)(=O)CCN2C(=O)N(C)CC[C@@H]2C)nnc1-c1nc(C)cs1. The molecule has 4 rings (SSSR count). The van der Waals surface area contributed by atoms with E-state index >= 15 is 0 Å². The van der Waals surface area contributed by atoms with Crippen LogP contribution in [0.5, 0.6) is 11.5 Å². The Morgan fingerprint density at radius 2 is 1.89 bits per heavy atom. The van der Waals surface area contributed by atoms with E-state index in [9.17, 15) is 13.2 Å². The molecule has 1 saturated heterocycles. The van der Waals surface area contributed by atoms with Gasteiger partial charge in [-0.3, -0.25) is 9.29 Å². The van der Waals surface area contributed by atoms with Crippen molar-refractivity contribution in [3.63, 3.8) is 0 Å². The number of anilines is 1. The molecule has 12 nitrogen and oxygen atoms in total. The zero-order valence-electron chi connectivity index (χ0n) is 20.8. The first-order valence-corrected chi connectivity index (χ1v) is 13.8. The van der Waals surface area contributed by atoms with Crippen molar-refractivity contribution >= 4 is 33.3 Å². The van der Waals surface area contributed by atoms with E-state index in [1.807, 2.05) is 19.2 Å². The molecule has 194 valence electrons. The summed E-state index contributed by atoms with van der Waals surface area (Å²) in [4.78, 5) is 20.2. The van der Waals surface area contributed by atoms with Crippen LogP contribution < -0.4 is 14.2 Å². The van der Waals surface area contributed by atoms with Gasteiger partial charge < -0.3 is 19.3 Å². The molecule has 2 amide bonds. The van der Waals surface area contributed by atoms with Gasteiger partial charge in [0.25, 0.3) is 0 Å². The summed E-state index contributed by atoms with van der Waals surface area (Å²) in [7, 11) is 0.806. The van der Waals surface area contributed by atoms with Gasteiger partial charge in [-0.2, -0.15) is 0 Å². The Hall–Kier alpha value is -3.39. The number of hydrogen-bond acceptors (Lipinski definition) is 9. The molecule has 0 radical (unpaired) electrons. The van der Waals surface area contributed by atoms with Crippen molar-refractivity contribution in [3.8, 4) is 28.0 Å². The first kappa shape index (κ1) is 25.7. The van der Waals surface area contributed by atoms with Gasteiger partial charge in [0.1, 0.15) is 17.2 Å². The summed E-state index contributed by atoms with van der Waals surface area (Å²) in [5.74, 6) is 0.837. The number of para-hydroxylation sites is 1. The summed E-state index contributed by atoms with van der Waals surface area (Å²) in [5.41, 5.74) is 1.22. The number of nitrogens with one attached hydrogen (secondary N) is 1. The van der Waals surface area contributed by atoms with Gasteiger partial charge in [0.2, 0.25) is 16.0 Å². The number of sulfonamides is 1. The molecule has 3 aromatic rings. The highest BCUT2D eigenvalue weighted by molar-refractivity contribution is 7.92. The van der Waals surface area contributed by atoms with Gasteiger partial charge in [0.15, 0.2) is 10.8 Å². The average Bonchev–Trinajstić information content (AvgIpc) is 3.46. The predicted octanol–water partition coefficient (Wildman–Crippen LogP) is 2.60. The molecule has 1 aliphatic heterocycles. The second-order valence-corrected chi connectivity index (χ2v) is 11.1. The van der Waals surface area contributed by atoms with Gasteiger partial charge in [-0.1, -0.05) is 6.07 Å². The highest BCUT2D eigenvalue weighted by Gasteiger charge is 2.31. The van der Waals surface area contributed by atoms with Crippen molar-refractivity contribution in [2.24, 2.45) is 0 Å². The molecular formula is C22H29N7O5S2. The van der Waals surface area contributed by atoms with E-state index < -0.39 is 10.0 Å². The maximum Gasteiger partial charge on any atom is 0.320 e. The van der Waals surface area contributed by atoms with Gasteiger partial charge in [-0.25, -0.2) is 18.2 Å². The third-order valence-corrected chi connectivity index (χ3v) is 8.10. The first-order valence-electron chi connectivity index (χ1n) is 11.3. The molecule has 0 spiro atoms. The number of ether oxygens (including phenoxy) is 2. The van der Waals surface area contributed by atoms with Gasteiger partial charge in [0, 0.05) is 37.3 Å². The predicted molar refractivity (Wildman–Crippen MR) is 137 cm³/mol. The van der Waals surface area contributed by atoms with Gasteiger partial charge in [0.05, 0.1) is 20.0 Å². The molecule has 36 heavy (non-hydrogen) atoms. The molecule has 14 heteroatoms. The Bertz CT molecular complexity index is 1330. The highest BCUT2D eigenvalue weighted by atomic mass is 32.2. The zero-order chi connectivity index (χ0) is 26.0. The van der Waals surface area contributed by atoms with Crippen LogP contribution >= 0.6 is 11.3 Å². The third-order valence-electron chi connectivity index (χ3n) is 5.93. The minimum absolute atomic E-state index is 0.0456. The second kappa shape index (κ2) is 10.3. The fraction of sp³-hybridized carbons (Fsp3) is 0.455. The largest absolute Gasteiger partial charge is 0.494 e. The lowest BCUT2D eigenvalue weighted by Gasteiger charge is -2.38. The second-order valence-electron chi connectivity index (χ2n) is 8.44. The van der Waals surface area contributed by atoms with Crippen LogP contribution in [0.3, 0.4) is 0 Å². The van der Waals surface area contributed by atoms with E-state index in [2.05, 4.69) is 19.9 Å². The summed E-state index contributed by atoms with van der Waals surface area (Å²) < 4.78 is 41.5. The van der Waals surface area contributed by atoms with Gasteiger partial charge in [-0.15, -0.1) is 21.5 Å². The number of benzene rings is 1. The number of carbonyl (C=O) groups is 1. The summed E-state index contributed by atoms with van der Waals surface area (Å²) in [5, 5.41) is 10.8. The topological polar surface area (TPSA) is 132 Å². The number of carbonyl (C=O) groups excluding carboxylic acids is 1. The molecule has 1 atom stereocenters. The fourth-order valence-corrected chi connectivity index (χ4v) is 5.69. The number of aromatic nitrogens is 4. The Morgan fingerprint density at radius 1 is 1.19 bits per heavy atom. The van der Waals surface area contributed by atoms with E-state index in [1.165, 1.54) is 30.1 Å². The smallest absolute Gasteiger partial charge is 0.320 e. The molecule has 2 aromatic heterocycles. The van der Waals surface area contributed by atoms with E-state index in [1.54, 1.807) is 35.0 Å². The van der Waals surface area contributed by atoms with Crippen LogP contribution in [-0.4, -0.2) is 90.1 Å². The summed E-state index contributed by atoms with van der Waals surface area (Å²) in [6.07, 6.45) is 0.772. The monoisotopic (exact) mass is 535 g/mol. The van der Waals surface area contributed by atoms with E-state index in [0.717, 1.165) is 12.1 Å². The number of amides is 2. The molecule has 3 heterocycles. The van der Waals surface area contributed by atoms with Crippen molar-refractivity contribution in [1.29, 1.82) is 0 Å². The van der Waals surface area contributed by atoms with Gasteiger partial charge >= 0.3 is 6.03 Å². The molecule has 0 aliphatic carbocycles. The summed E-state index contributed by atoms with van der Waals surface area (Å²) in [6, 6.07) is 4.98. The molecular weight excluding hydrogens is 506 g/mol.